The topological polar surface area (TPSA) is 0 Å². The summed E-state index contributed by atoms with van der Waals surface area (Å²) in [4.78, 5) is 0. The van der Waals surface area contributed by atoms with E-state index in [1.54, 1.807) is 0 Å². The fourth-order valence-corrected chi connectivity index (χ4v) is 4.48. The Morgan fingerprint density at radius 3 is 1.40 bits per heavy atom. The highest BCUT2D eigenvalue weighted by atomic mass is 14.3. The van der Waals surface area contributed by atoms with Gasteiger partial charge in [-0.05, 0) is 59.8 Å². The normalized spacial score (nSPS) is 12.9. The largest absolute Gasteiger partial charge is 0.0622 e. The van der Waals surface area contributed by atoms with Crippen molar-refractivity contribution in [2.75, 3.05) is 0 Å². The number of aryl methyl sites for hydroxylation is 1. The molecule has 0 bridgehead atoms. The molecule has 0 spiro atoms. The van der Waals surface area contributed by atoms with Gasteiger partial charge in [0.2, 0.25) is 0 Å². The quantitative estimate of drug-likeness (QED) is 0.277. The maximum atomic E-state index is 2.31. The Labute approximate surface area is 181 Å². The van der Waals surface area contributed by atoms with Crippen molar-refractivity contribution in [1.29, 1.82) is 0 Å². The van der Waals surface area contributed by atoms with Crippen molar-refractivity contribution in [1.82, 2.24) is 0 Å². The van der Waals surface area contributed by atoms with Crippen LogP contribution >= 0.6 is 0 Å². The van der Waals surface area contributed by atoms with Gasteiger partial charge in [0.05, 0.1) is 0 Å². The van der Waals surface area contributed by atoms with Crippen molar-refractivity contribution in [3.05, 3.63) is 144 Å². The SMILES string of the molecule is c1ccc(CC[C@@H](Cc2ccccc2)[C@H](Cc2ccccc2)c2ccccc2)cc1. The van der Waals surface area contributed by atoms with Crippen LogP contribution in [0.2, 0.25) is 0 Å². The predicted molar refractivity (Wildman–Crippen MR) is 128 cm³/mol. The summed E-state index contributed by atoms with van der Waals surface area (Å²) in [5, 5.41) is 0. The molecular weight excluding hydrogens is 360 g/mol. The molecule has 150 valence electrons. The maximum Gasteiger partial charge on any atom is -0.00899 e. The third-order valence-electron chi connectivity index (χ3n) is 6.08. The van der Waals surface area contributed by atoms with Gasteiger partial charge in [0.15, 0.2) is 0 Å². The Kier molecular flexibility index (Phi) is 7.12. The number of rotatable bonds is 9. The first-order chi connectivity index (χ1) is 14.9. The van der Waals surface area contributed by atoms with Crippen LogP contribution < -0.4 is 0 Å². The molecule has 0 unspecified atom stereocenters. The molecule has 0 aliphatic rings. The minimum Gasteiger partial charge on any atom is -0.0622 e. The van der Waals surface area contributed by atoms with Crippen LogP contribution in [0.3, 0.4) is 0 Å². The molecule has 0 fully saturated rings. The molecule has 0 N–H and O–H groups in total. The Bertz CT molecular complexity index is 975. The molecular formula is C30H30. The number of benzene rings is 4. The third kappa shape index (κ3) is 5.70. The van der Waals surface area contributed by atoms with Crippen LogP contribution in [0.5, 0.6) is 0 Å². The van der Waals surface area contributed by atoms with E-state index in [-0.39, 0.29) is 0 Å². The monoisotopic (exact) mass is 390 g/mol. The summed E-state index contributed by atoms with van der Waals surface area (Å²) in [6.45, 7) is 0. The van der Waals surface area contributed by atoms with Gasteiger partial charge in [0, 0.05) is 0 Å². The van der Waals surface area contributed by atoms with Crippen LogP contribution in [-0.4, -0.2) is 0 Å². The highest BCUT2D eigenvalue weighted by Crippen LogP contribution is 2.34. The van der Waals surface area contributed by atoms with E-state index in [0.29, 0.717) is 11.8 Å². The molecule has 4 aromatic rings. The van der Waals surface area contributed by atoms with Gasteiger partial charge >= 0.3 is 0 Å². The van der Waals surface area contributed by atoms with Crippen molar-refractivity contribution in [2.45, 2.75) is 31.6 Å². The van der Waals surface area contributed by atoms with E-state index in [1.807, 2.05) is 0 Å². The second-order valence-corrected chi connectivity index (χ2v) is 8.18. The molecule has 30 heavy (non-hydrogen) atoms. The molecule has 0 saturated carbocycles. The van der Waals surface area contributed by atoms with Crippen LogP contribution in [0, 0.1) is 5.92 Å². The van der Waals surface area contributed by atoms with Crippen LogP contribution in [-0.2, 0) is 19.3 Å². The highest BCUT2D eigenvalue weighted by Gasteiger charge is 2.24. The lowest BCUT2D eigenvalue weighted by Crippen LogP contribution is -2.19. The fraction of sp³-hybridized carbons (Fsp3) is 0.200. The van der Waals surface area contributed by atoms with Crippen molar-refractivity contribution in [2.24, 2.45) is 5.92 Å². The lowest BCUT2D eigenvalue weighted by Gasteiger charge is -2.28. The minimum absolute atomic E-state index is 0.498. The zero-order chi connectivity index (χ0) is 20.4. The molecule has 0 aliphatic heterocycles. The van der Waals surface area contributed by atoms with E-state index in [4.69, 9.17) is 0 Å². The molecule has 4 aromatic carbocycles. The lowest BCUT2D eigenvalue weighted by molar-refractivity contribution is 0.389. The van der Waals surface area contributed by atoms with E-state index in [2.05, 4.69) is 121 Å². The van der Waals surface area contributed by atoms with E-state index in [9.17, 15) is 0 Å². The first-order valence-electron chi connectivity index (χ1n) is 11.1. The molecule has 0 radical (unpaired) electrons. The second kappa shape index (κ2) is 10.6. The molecule has 0 heteroatoms. The first-order valence-corrected chi connectivity index (χ1v) is 11.1. The van der Waals surface area contributed by atoms with Gasteiger partial charge in [0.25, 0.3) is 0 Å². The Morgan fingerprint density at radius 1 is 0.433 bits per heavy atom. The fourth-order valence-electron chi connectivity index (χ4n) is 4.48. The van der Waals surface area contributed by atoms with Crippen LogP contribution in [0.4, 0.5) is 0 Å². The van der Waals surface area contributed by atoms with E-state index in [0.717, 1.165) is 19.3 Å². The van der Waals surface area contributed by atoms with Gasteiger partial charge < -0.3 is 0 Å². The maximum absolute atomic E-state index is 2.31. The van der Waals surface area contributed by atoms with Crippen molar-refractivity contribution >= 4 is 0 Å². The molecule has 0 saturated heterocycles. The molecule has 4 rings (SSSR count). The van der Waals surface area contributed by atoms with Gasteiger partial charge in [-0.2, -0.15) is 0 Å². The Morgan fingerprint density at radius 2 is 0.867 bits per heavy atom. The molecule has 0 aromatic heterocycles. The van der Waals surface area contributed by atoms with E-state index < -0.39 is 0 Å². The Hall–Kier alpha value is -3.12. The summed E-state index contributed by atoms with van der Waals surface area (Å²) in [6, 6.07) is 44.0. The average Bonchev–Trinajstić information content (AvgIpc) is 2.83. The van der Waals surface area contributed by atoms with Crippen molar-refractivity contribution < 1.29 is 0 Å². The first kappa shape index (κ1) is 20.2. The van der Waals surface area contributed by atoms with Gasteiger partial charge in [0.1, 0.15) is 0 Å². The average molecular weight is 391 g/mol. The predicted octanol–water partition coefficient (Wildman–Crippen LogP) is 7.50. The molecule has 2 atom stereocenters. The summed E-state index contributed by atoms with van der Waals surface area (Å²) in [5.41, 5.74) is 5.74. The molecule has 0 heterocycles. The zero-order valence-electron chi connectivity index (χ0n) is 17.5. The van der Waals surface area contributed by atoms with E-state index >= 15 is 0 Å². The van der Waals surface area contributed by atoms with E-state index in [1.165, 1.54) is 28.7 Å². The van der Waals surface area contributed by atoms with Crippen molar-refractivity contribution in [3.63, 3.8) is 0 Å². The van der Waals surface area contributed by atoms with Gasteiger partial charge in [-0.15, -0.1) is 0 Å². The summed E-state index contributed by atoms with van der Waals surface area (Å²) in [7, 11) is 0. The second-order valence-electron chi connectivity index (χ2n) is 8.18. The zero-order valence-corrected chi connectivity index (χ0v) is 17.5. The molecule has 0 nitrogen and oxygen atoms in total. The summed E-state index contributed by atoms with van der Waals surface area (Å²) < 4.78 is 0. The Balaban J connectivity index is 1.63. The molecule has 0 amide bonds. The van der Waals surface area contributed by atoms with Gasteiger partial charge in [-0.3, -0.25) is 0 Å². The van der Waals surface area contributed by atoms with Gasteiger partial charge in [-0.1, -0.05) is 121 Å². The number of hydrogen-bond acceptors (Lipinski definition) is 0. The lowest BCUT2D eigenvalue weighted by atomic mass is 9.76. The van der Waals surface area contributed by atoms with Crippen LogP contribution in [0.25, 0.3) is 0 Å². The standard InChI is InChI=1S/C30H30/c1-5-13-25(14-6-1)21-22-29(23-26-15-7-2-8-16-26)30(28-19-11-4-12-20-28)24-27-17-9-3-10-18-27/h1-20,29-30H,21-24H2/t29-,30+/m0/s1. The third-order valence-corrected chi connectivity index (χ3v) is 6.08. The van der Waals surface area contributed by atoms with Crippen LogP contribution in [0.1, 0.15) is 34.6 Å². The molecule has 0 aliphatic carbocycles. The smallest absolute Gasteiger partial charge is 0.00899 e. The van der Waals surface area contributed by atoms with Crippen molar-refractivity contribution in [3.8, 4) is 0 Å². The highest BCUT2D eigenvalue weighted by molar-refractivity contribution is 5.27. The number of hydrogen-bond donors (Lipinski definition) is 0. The summed E-state index contributed by atoms with van der Waals surface area (Å²) in [6.07, 6.45) is 4.50. The summed E-state index contributed by atoms with van der Waals surface area (Å²) >= 11 is 0. The summed E-state index contributed by atoms with van der Waals surface area (Å²) in [5.74, 6) is 1.08. The van der Waals surface area contributed by atoms with Crippen LogP contribution in [0.15, 0.2) is 121 Å². The van der Waals surface area contributed by atoms with Gasteiger partial charge in [-0.25, -0.2) is 0 Å². The minimum atomic E-state index is 0.498.